The van der Waals surface area contributed by atoms with Crippen molar-refractivity contribution in [3.8, 4) is 0 Å². The van der Waals surface area contributed by atoms with Gasteiger partial charge in [0.1, 0.15) is 0 Å². The van der Waals surface area contributed by atoms with Crippen molar-refractivity contribution in [3.05, 3.63) is 12.2 Å². The van der Waals surface area contributed by atoms with E-state index in [1.165, 1.54) is 19.1 Å². The maximum absolute atomic E-state index is 11.0. The monoisotopic (exact) mass is 270 g/mol. The molecule has 0 aromatic rings. The Morgan fingerprint density at radius 1 is 1.36 bits per heavy atom. The summed E-state index contributed by atoms with van der Waals surface area (Å²) in [6.45, 7) is 3.08. The Morgan fingerprint density at radius 2 is 1.93 bits per heavy atom. The number of ketones is 2. The smallest absolute Gasteiger partial charge is 0.155 e. The molecule has 0 aliphatic carbocycles. The molecule has 4 heteroatoms. The van der Waals surface area contributed by atoms with Crippen LogP contribution in [0.4, 0.5) is 0 Å². The summed E-state index contributed by atoms with van der Waals surface area (Å²) in [6, 6.07) is 0. The standard InChI is InChI=1S/C10H13O3.Y/c1-8(7-11)3-5-10(13)6-4-9(2)12;/h4,6,8H,3,5H2,1-2H3;/q-1;/b6-4+;. The van der Waals surface area contributed by atoms with E-state index in [1.54, 1.807) is 13.2 Å². The molecule has 0 amide bonds. The van der Waals surface area contributed by atoms with Crippen LogP contribution in [0, 0.1) is 5.92 Å². The molecule has 0 saturated carbocycles. The Labute approximate surface area is 109 Å². The molecular weight excluding hydrogens is 257 g/mol. The predicted molar refractivity (Wildman–Crippen MR) is 48.9 cm³/mol. The molecule has 0 aliphatic rings. The van der Waals surface area contributed by atoms with E-state index in [1.807, 2.05) is 0 Å². The Hall–Kier alpha value is -0.146. The normalized spacial score (nSPS) is 11.9. The second-order valence-electron chi connectivity index (χ2n) is 2.97. The van der Waals surface area contributed by atoms with E-state index in [2.05, 4.69) is 0 Å². The molecule has 0 aliphatic heterocycles. The minimum Gasteiger partial charge on any atom is -0.542 e. The zero-order valence-electron chi connectivity index (χ0n) is 8.45. The fourth-order valence-electron chi connectivity index (χ4n) is 0.711. The zero-order valence-corrected chi connectivity index (χ0v) is 11.3. The van der Waals surface area contributed by atoms with E-state index in [4.69, 9.17) is 0 Å². The van der Waals surface area contributed by atoms with Gasteiger partial charge in [-0.1, -0.05) is 13.3 Å². The average molecular weight is 270 g/mol. The molecule has 14 heavy (non-hydrogen) atoms. The molecule has 0 bridgehead atoms. The molecule has 75 valence electrons. The summed E-state index contributed by atoms with van der Waals surface area (Å²) >= 11 is 0. The van der Waals surface area contributed by atoms with Crippen LogP contribution in [0.5, 0.6) is 0 Å². The van der Waals surface area contributed by atoms with Crippen LogP contribution in [-0.4, -0.2) is 17.9 Å². The molecule has 0 spiro atoms. The molecule has 0 rings (SSSR count). The largest absolute Gasteiger partial charge is 0.542 e. The van der Waals surface area contributed by atoms with E-state index < -0.39 is 0 Å². The fraction of sp³-hybridized carbons (Fsp3) is 0.500. The number of hydrogen-bond donors (Lipinski definition) is 0. The summed E-state index contributed by atoms with van der Waals surface area (Å²) in [7, 11) is 0. The summed E-state index contributed by atoms with van der Waals surface area (Å²) in [4.78, 5) is 31.5. The van der Waals surface area contributed by atoms with Crippen LogP contribution in [0.1, 0.15) is 26.7 Å². The summed E-state index contributed by atoms with van der Waals surface area (Å²) < 4.78 is 0. The van der Waals surface area contributed by atoms with E-state index >= 15 is 0 Å². The molecule has 1 unspecified atom stereocenters. The van der Waals surface area contributed by atoms with E-state index in [-0.39, 0.29) is 50.2 Å². The third kappa shape index (κ3) is 9.94. The van der Waals surface area contributed by atoms with Crippen molar-refractivity contribution in [3.63, 3.8) is 0 Å². The maximum atomic E-state index is 11.0. The Morgan fingerprint density at radius 3 is 2.36 bits per heavy atom. The van der Waals surface area contributed by atoms with Crippen LogP contribution in [-0.2, 0) is 47.1 Å². The quantitative estimate of drug-likeness (QED) is 0.538. The van der Waals surface area contributed by atoms with Gasteiger partial charge in [-0.3, -0.25) is 15.9 Å². The number of hydrogen-bond acceptors (Lipinski definition) is 3. The van der Waals surface area contributed by atoms with Gasteiger partial charge in [0.15, 0.2) is 11.6 Å². The summed E-state index contributed by atoms with van der Waals surface area (Å²) in [5, 5.41) is 0. The first kappa shape index (κ1) is 16.3. The van der Waals surface area contributed by atoms with Crippen molar-refractivity contribution in [1.29, 1.82) is 0 Å². The van der Waals surface area contributed by atoms with E-state index in [9.17, 15) is 14.4 Å². The first-order valence-electron chi connectivity index (χ1n) is 4.15. The van der Waals surface area contributed by atoms with Crippen LogP contribution < -0.4 is 0 Å². The van der Waals surface area contributed by atoms with Crippen LogP contribution in [0.25, 0.3) is 0 Å². The minimum absolute atomic E-state index is 0. The first-order chi connectivity index (χ1) is 6.06. The van der Waals surface area contributed by atoms with Gasteiger partial charge in [-0.2, -0.15) is 0 Å². The molecular formula is C10H13O3Y-. The molecule has 3 nitrogen and oxygen atoms in total. The van der Waals surface area contributed by atoms with Crippen molar-refractivity contribution in [1.82, 2.24) is 0 Å². The van der Waals surface area contributed by atoms with Crippen molar-refractivity contribution < 1.29 is 47.1 Å². The molecule has 1 atom stereocenters. The molecule has 0 heterocycles. The van der Waals surface area contributed by atoms with Crippen LogP contribution in [0.3, 0.4) is 0 Å². The topological polar surface area (TPSA) is 51.2 Å². The SMILES string of the molecule is CC(=O)/C=C/C(=O)CCC(C)[C-]=O.[Y]. The van der Waals surface area contributed by atoms with Crippen LogP contribution in [0.2, 0.25) is 0 Å². The first-order valence-corrected chi connectivity index (χ1v) is 4.15. The Bertz CT molecular complexity index is 234. The third-order valence-electron chi connectivity index (χ3n) is 1.53. The molecule has 0 aromatic carbocycles. The predicted octanol–water partition coefficient (Wildman–Crippen LogP) is 1.22. The van der Waals surface area contributed by atoms with Gasteiger partial charge in [0.2, 0.25) is 0 Å². The van der Waals surface area contributed by atoms with Gasteiger partial charge >= 0.3 is 0 Å². The summed E-state index contributed by atoms with van der Waals surface area (Å²) in [5.41, 5.74) is 0. The number of allylic oxidation sites excluding steroid dienone is 2. The van der Waals surface area contributed by atoms with Gasteiger partial charge in [0.05, 0.1) is 0 Å². The zero-order chi connectivity index (χ0) is 10.3. The van der Waals surface area contributed by atoms with Gasteiger partial charge in [-0.25, -0.2) is 0 Å². The van der Waals surface area contributed by atoms with Crippen molar-refractivity contribution in [2.45, 2.75) is 26.7 Å². The second kappa shape index (κ2) is 9.41. The van der Waals surface area contributed by atoms with Crippen LogP contribution in [0.15, 0.2) is 12.2 Å². The number of rotatable bonds is 6. The van der Waals surface area contributed by atoms with Crippen molar-refractivity contribution in [2.24, 2.45) is 5.92 Å². The Balaban J connectivity index is 0. The van der Waals surface area contributed by atoms with E-state index in [0.717, 1.165) is 0 Å². The van der Waals surface area contributed by atoms with Gasteiger partial charge in [-0.15, -0.1) is 5.92 Å². The van der Waals surface area contributed by atoms with Gasteiger partial charge in [-0.05, 0) is 19.1 Å². The average Bonchev–Trinajstić information content (AvgIpc) is 2.10. The van der Waals surface area contributed by atoms with Crippen molar-refractivity contribution in [2.75, 3.05) is 0 Å². The van der Waals surface area contributed by atoms with Gasteiger partial charge in [0.25, 0.3) is 0 Å². The molecule has 0 aromatic heterocycles. The molecule has 0 N–H and O–H groups in total. The Kier molecular flexibility index (Phi) is 10.9. The molecule has 0 saturated heterocycles. The summed E-state index contributed by atoms with van der Waals surface area (Å²) in [6.07, 6.45) is 5.06. The second-order valence-corrected chi connectivity index (χ2v) is 2.97. The van der Waals surface area contributed by atoms with Gasteiger partial charge < -0.3 is 4.79 Å². The maximum Gasteiger partial charge on any atom is 0.155 e. The fourth-order valence-corrected chi connectivity index (χ4v) is 0.711. The van der Waals surface area contributed by atoms with E-state index in [0.29, 0.717) is 12.8 Å². The van der Waals surface area contributed by atoms with Crippen LogP contribution >= 0.6 is 0 Å². The summed E-state index contributed by atoms with van der Waals surface area (Å²) in [5.74, 6) is -0.490. The van der Waals surface area contributed by atoms with Crippen molar-refractivity contribution >= 4 is 17.9 Å². The molecule has 0 fully saturated rings. The molecule has 1 radical (unpaired) electrons. The van der Waals surface area contributed by atoms with Gasteiger partial charge in [0, 0.05) is 39.1 Å². The number of carbonyl (C=O) groups excluding carboxylic acids is 3. The third-order valence-corrected chi connectivity index (χ3v) is 1.53. The minimum atomic E-state index is -0.213. The number of carbonyl (C=O) groups is 2.